The Morgan fingerprint density at radius 3 is 2.75 bits per heavy atom. The molecule has 0 bridgehead atoms. The molecule has 0 spiro atoms. The lowest BCUT2D eigenvalue weighted by atomic mass is 10.0. The van der Waals surface area contributed by atoms with E-state index in [0.29, 0.717) is 31.0 Å². The van der Waals surface area contributed by atoms with Crippen molar-refractivity contribution in [3.63, 3.8) is 0 Å². The lowest BCUT2D eigenvalue weighted by Gasteiger charge is -2.25. The van der Waals surface area contributed by atoms with E-state index in [-0.39, 0.29) is 4.90 Å². The Kier molecular flexibility index (Phi) is 4.84. The van der Waals surface area contributed by atoms with Gasteiger partial charge in [-0.2, -0.15) is 4.31 Å². The summed E-state index contributed by atoms with van der Waals surface area (Å²) in [7, 11) is -3.62. The molecule has 0 radical (unpaired) electrons. The molecule has 0 N–H and O–H groups in total. The number of fused-ring (bicyclic) bond motifs is 1. The first-order chi connectivity index (χ1) is 13.4. The molecule has 0 amide bonds. The molecule has 0 atom stereocenters. The predicted molar refractivity (Wildman–Crippen MR) is 107 cm³/mol. The fourth-order valence-corrected chi connectivity index (χ4v) is 5.55. The summed E-state index contributed by atoms with van der Waals surface area (Å²) >= 11 is 0. The number of sulfonamides is 1. The second-order valence-electron chi connectivity index (χ2n) is 7.11. The van der Waals surface area contributed by atoms with Gasteiger partial charge in [0.05, 0.1) is 0 Å². The van der Waals surface area contributed by atoms with Crippen molar-refractivity contribution < 1.29 is 12.9 Å². The molecule has 3 aromatic rings. The Morgan fingerprint density at radius 1 is 1.29 bits per heavy atom. The van der Waals surface area contributed by atoms with Crippen LogP contribution < -0.4 is 0 Å². The Bertz CT molecular complexity index is 1140. The molecule has 4 rings (SSSR count). The highest BCUT2D eigenvalue weighted by atomic mass is 32.2. The van der Waals surface area contributed by atoms with Crippen LogP contribution in [0.5, 0.6) is 0 Å². The average molecular weight is 401 g/mol. The van der Waals surface area contributed by atoms with Crippen LogP contribution in [0.2, 0.25) is 0 Å². The number of rotatable bonds is 5. The molecule has 3 aromatic heterocycles. The van der Waals surface area contributed by atoms with Crippen LogP contribution in [-0.2, 0) is 16.6 Å². The monoisotopic (exact) mass is 400 g/mol. The molecule has 0 unspecified atom stereocenters. The van der Waals surface area contributed by atoms with Gasteiger partial charge in [-0.05, 0) is 44.4 Å². The molecule has 0 fully saturated rings. The van der Waals surface area contributed by atoms with Crippen molar-refractivity contribution in [2.75, 3.05) is 13.1 Å². The van der Waals surface area contributed by atoms with Gasteiger partial charge < -0.3 is 9.09 Å². The lowest BCUT2D eigenvalue weighted by molar-refractivity contribution is 0.389. The maximum atomic E-state index is 13.0. The molecule has 148 valence electrons. The smallest absolute Gasteiger partial charge is 0.248 e. The molecule has 7 nitrogen and oxygen atoms in total. The summed E-state index contributed by atoms with van der Waals surface area (Å²) < 4.78 is 34.8. The Hall–Kier alpha value is -2.45. The fraction of sp³-hybridized carbons (Fsp3) is 0.400. The van der Waals surface area contributed by atoms with E-state index in [0.717, 1.165) is 35.1 Å². The van der Waals surface area contributed by atoms with Crippen LogP contribution in [0.3, 0.4) is 0 Å². The highest BCUT2D eigenvalue weighted by Crippen LogP contribution is 2.32. The van der Waals surface area contributed by atoms with Crippen molar-refractivity contribution >= 4 is 26.6 Å². The molecule has 8 heteroatoms. The number of aryl methyl sites for hydroxylation is 3. The Labute approximate surface area is 164 Å². The fourth-order valence-electron chi connectivity index (χ4n) is 3.88. The lowest BCUT2D eigenvalue weighted by Crippen LogP contribution is -2.35. The molecule has 0 aliphatic carbocycles. The Balaban J connectivity index is 1.66. The summed E-state index contributed by atoms with van der Waals surface area (Å²) in [5, 5.41) is 4.90. The van der Waals surface area contributed by atoms with Gasteiger partial charge >= 0.3 is 0 Å². The van der Waals surface area contributed by atoms with Crippen LogP contribution in [0.15, 0.2) is 40.0 Å². The van der Waals surface area contributed by atoms with Crippen LogP contribution in [0.4, 0.5) is 0 Å². The first-order valence-corrected chi connectivity index (χ1v) is 10.9. The molecule has 0 aromatic carbocycles. The molecule has 1 aliphatic rings. The maximum absolute atomic E-state index is 13.0. The van der Waals surface area contributed by atoms with Gasteiger partial charge in [-0.25, -0.2) is 13.4 Å². The Morgan fingerprint density at radius 2 is 2.11 bits per heavy atom. The maximum Gasteiger partial charge on any atom is 0.248 e. The quantitative estimate of drug-likeness (QED) is 0.654. The summed E-state index contributed by atoms with van der Waals surface area (Å²) in [5.74, 6) is 0.334. The van der Waals surface area contributed by atoms with E-state index in [9.17, 15) is 8.42 Å². The van der Waals surface area contributed by atoms with Crippen molar-refractivity contribution in [1.82, 2.24) is 19.0 Å². The standard InChI is InChI=1S/C20H24N4O3S/c1-4-10-23-13-18(17-6-5-9-21-20(17)23)16-7-11-24(12-8-16)28(25,26)19-14(2)22-27-15(19)3/h5-7,9,13H,4,8,10-12H2,1-3H3. The van der Waals surface area contributed by atoms with Gasteiger partial charge in [0.15, 0.2) is 5.76 Å². The highest BCUT2D eigenvalue weighted by molar-refractivity contribution is 7.89. The summed E-state index contributed by atoms with van der Waals surface area (Å²) in [4.78, 5) is 4.72. The minimum atomic E-state index is -3.62. The van der Waals surface area contributed by atoms with E-state index in [1.165, 1.54) is 4.31 Å². The summed E-state index contributed by atoms with van der Waals surface area (Å²) in [6.45, 7) is 7.11. The van der Waals surface area contributed by atoms with E-state index in [2.05, 4.69) is 33.9 Å². The zero-order valence-electron chi connectivity index (χ0n) is 16.3. The second kappa shape index (κ2) is 7.18. The van der Waals surface area contributed by atoms with Gasteiger partial charge in [-0.1, -0.05) is 18.2 Å². The minimum Gasteiger partial charge on any atom is -0.360 e. The van der Waals surface area contributed by atoms with Crippen molar-refractivity contribution in [3.8, 4) is 0 Å². The number of pyridine rings is 1. The number of hydrogen-bond donors (Lipinski definition) is 0. The van der Waals surface area contributed by atoms with Crippen molar-refractivity contribution in [3.05, 3.63) is 47.6 Å². The third-order valence-corrected chi connectivity index (χ3v) is 7.29. The van der Waals surface area contributed by atoms with Crippen LogP contribution >= 0.6 is 0 Å². The molecular weight excluding hydrogens is 376 g/mol. The van der Waals surface area contributed by atoms with Crippen molar-refractivity contribution in [2.24, 2.45) is 0 Å². The average Bonchev–Trinajstić information content (AvgIpc) is 3.23. The normalized spacial score (nSPS) is 15.9. The number of hydrogen-bond acceptors (Lipinski definition) is 5. The van der Waals surface area contributed by atoms with Gasteiger partial charge in [0.25, 0.3) is 0 Å². The van der Waals surface area contributed by atoms with Gasteiger partial charge in [-0.15, -0.1) is 0 Å². The largest absolute Gasteiger partial charge is 0.360 e. The highest BCUT2D eigenvalue weighted by Gasteiger charge is 2.32. The topological polar surface area (TPSA) is 81.2 Å². The second-order valence-corrected chi connectivity index (χ2v) is 8.98. The van der Waals surface area contributed by atoms with Gasteiger partial charge in [0.2, 0.25) is 10.0 Å². The van der Waals surface area contributed by atoms with Crippen LogP contribution in [-0.4, -0.2) is 40.5 Å². The van der Waals surface area contributed by atoms with E-state index >= 15 is 0 Å². The zero-order chi connectivity index (χ0) is 19.9. The molecule has 0 saturated heterocycles. The van der Waals surface area contributed by atoms with E-state index in [1.807, 2.05) is 18.3 Å². The summed E-state index contributed by atoms with van der Waals surface area (Å²) in [6.07, 6.45) is 7.65. The predicted octanol–water partition coefficient (Wildman–Crippen LogP) is 3.53. The third-order valence-electron chi connectivity index (χ3n) is 5.18. The van der Waals surface area contributed by atoms with Crippen molar-refractivity contribution in [1.29, 1.82) is 0 Å². The summed E-state index contributed by atoms with van der Waals surface area (Å²) in [5.41, 5.74) is 3.69. The first-order valence-electron chi connectivity index (χ1n) is 9.49. The minimum absolute atomic E-state index is 0.188. The SMILES string of the molecule is CCCn1cc(C2=CCN(S(=O)(=O)c3c(C)noc3C)CC2)c2cccnc21. The summed E-state index contributed by atoms with van der Waals surface area (Å²) in [6, 6.07) is 4.03. The van der Waals surface area contributed by atoms with E-state index < -0.39 is 10.0 Å². The zero-order valence-corrected chi connectivity index (χ0v) is 17.2. The van der Waals surface area contributed by atoms with E-state index in [4.69, 9.17) is 4.52 Å². The molecule has 1 aliphatic heterocycles. The third kappa shape index (κ3) is 3.06. The van der Waals surface area contributed by atoms with Crippen LogP contribution in [0.1, 0.15) is 36.8 Å². The van der Waals surface area contributed by atoms with Crippen LogP contribution in [0.25, 0.3) is 16.6 Å². The molecule has 4 heterocycles. The van der Waals surface area contributed by atoms with Gasteiger partial charge in [0.1, 0.15) is 16.2 Å². The van der Waals surface area contributed by atoms with E-state index in [1.54, 1.807) is 13.8 Å². The molecular formula is C20H24N4O3S. The number of nitrogens with zero attached hydrogens (tertiary/aromatic N) is 4. The molecule has 28 heavy (non-hydrogen) atoms. The first kappa shape index (κ1) is 18.9. The number of aromatic nitrogens is 3. The van der Waals surface area contributed by atoms with Gasteiger partial charge in [0, 0.05) is 43.0 Å². The molecule has 0 saturated carbocycles. The van der Waals surface area contributed by atoms with Crippen molar-refractivity contribution in [2.45, 2.75) is 45.1 Å². The van der Waals surface area contributed by atoms with Crippen LogP contribution in [0, 0.1) is 13.8 Å². The van der Waals surface area contributed by atoms with Gasteiger partial charge in [-0.3, -0.25) is 0 Å².